The zero-order valence-corrected chi connectivity index (χ0v) is 11.5. The molecule has 0 saturated carbocycles. The van der Waals surface area contributed by atoms with Crippen molar-refractivity contribution < 1.29 is 9.90 Å². The Bertz CT molecular complexity index is 275. The van der Waals surface area contributed by atoms with Gasteiger partial charge in [0.15, 0.2) is 0 Å². The van der Waals surface area contributed by atoms with Gasteiger partial charge in [0, 0.05) is 12.1 Å². The molecule has 2 saturated heterocycles. The Morgan fingerprint density at radius 3 is 2.56 bits per heavy atom. The molecule has 0 spiro atoms. The number of piperidine rings is 1. The highest BCUT2D eigenvalue weighted by Gasteiger charge is 2.33. The van der Waals surface area contributed by atoms with E-state index in [0.717, 1.165) is 13.0 Å². The van der Waals surface area contributed by atoms with E-state index in [2.05, 4.69) is 16.7 Å². The highest BCUT2D eigenvalue weighted by Crippen LogP contribution is 2.27. The predicted octanol–water partition coefficient (Wildman–Crippen LogP) is 1.80. The summed E-state index contributed by atoms with van der Waals surface area (Å²) in [5.41, 5.74) is 0. The average molecular weight is 254 g/mol. The maximum atomic E-state index is 10.9. The summed E-state index contributed by atoms with van der Waals surface area (Å²) in [5, 5.41) is 8.97. The molecule has 1 N–H and O–H groups in total. The van der Waals surface area contributed by atoms with Gasteiger partial charge in [-0.15, -0.1) is 0 Å². The molecule has 2 aliphatic heterocycles. The molecule has 0 aliphatic carbocycles. The molecular formula is C14H26N2O2. The molecule has 104 valence electrons. The first-order chi connectivity index (χ1) is 8.70. The lowest BCUT2D eigenvalue weighted by Crippen LogP contribution is -2.47. The number of carbonyl (C=O) groups is 1. The Morgan fingerprint density at radius 1 is 1.22 bits per heavy atom. The van der Waals surface area contributed by atoms with Crippen LogP contribution in [-0.2, 0) is 4.79 Å². The van der Waals surface area contributed by atoms with Gasteiger partial charge >= 0.3 is 5.97 Å². The minimum Gasteiger partial charge on any atom is -0.481 e. The molecule has 18 heavy (non-hydrogen) atoms. The number of aliphatic carboxylic acids is 1. The van der Waals surface area contributed by atoms with Crippen molar-refractivity contribution in [2.24, 2.45) is 0 Å². The quantitative estimate of drug-likeness (QED) is 0.812. The Morgan fingerprint density at radius 2 is 1.94 bits per heavy atom. The highest BCUT2D eigenvalue weighted by molar-refractivity contribution is 5.67. The third-order valence-corrected chi connectivity index (χ3v) is 4.40. The van der Waals surface area contributed by atoms with Gasteiger partial charge in [0.05, 0.1) is 6.42 Å². The number of carboxylic acid groups (broad SMARTS) is 1. The van der Waals surface area contributed by atoms with Crippen molar-refractivity contribution >= 4 is 5.97 Å². The zero-order chi connectivity index (χ0) is 13.0. The lowest BCUT2D eigenvalue weighted by atomic mass is 10.0. The largest absolute Gasteiger partial charge is 0.481 e. The maximum Gasteiger partial charge on any atom is 0.304 e. The van der Waals surface area contributed by atoms with E-state index in [4.69, 9.17) is 5.11 Å². The molecule has 2 aliphatic rings. The Labute approximate surface area is 110 Å². The van der Waals surface area contributed by atoms with E-state index in [1.807, 2.05) is 0 Å². The van der Waals surface area contributed by atoms with Gasteiger partial charge in [-0.05, 0) is 58.3 Å². The van der Waals surface area contributed by atoms with E-state index >= 15 is 0 Å². The monoisotopic (exact) mass is 254 g/mol. The maximum absolute atomic E-state index is 10.9. The van der Waals surface area contributed by atoms with Gasteiger partial charge in [-0.25, -0.2) is 0 Å². The summed E-state index contributed by atoms with van der Waals surface area (Å²) in [6.07, 6.45) is 6.24. The van der Waals surface area contributed by atoms with Crippen molar-refractivity contribution in [3.05, 3.63) is 0 Å². The summed E-state index contributed by atoms with van der Waals surface area (Å²) in [5.74, 6) is -0.643. The Kier molecular flexibility index (Phi) is 5.01. The van der Waals surface area contributed by atoms with Gasteiger partial charge in [-0.1, -0.05) is 6.92 Å². The fourth-order valence-electron chi connectivity index (χ4n) is 3.55. The topological polar surface area (TPSA) is 43.8 Å². The van der Waals surface area contributed by atoms with Gasteiger partial charge in [0.25, 0.3) is 0 Å². The molecule has 0 radical (unpaired) electrons. The molecule has 4 heteroatoms. The van der Waals surface area contributed by atoms with E-state index < -0.39 is 5.97 Å². The minimum absolute atomic E-state index is 0.297. The summed E-state index contributed by atoms with van der Waals surface area (Å²) in [4.78, 5) is 15.9. The SMILES string of the molecule is CCCN1CCC(N2CCCC2CC(=O)O)CC1. The molecule has 1 unspecified atom stereocenters. The predicted molar refractivity (Wildman–Crippen MR) is 71.7 cm³/mol. The smallest absolute Gasteiger partial charge is 0.304 e. The van der Waals surface area contributed by atoms with Crippen LogP contribution in [0.25, 0.3) is 0 Å². The van der Waals surface area contributed by atoms with Crippen LogP contribution in [-0.4, -0.2) is 59.1 Å². The lowest BCUT2D eigenvalue weighted by Gasteiger charge is -2.39. The van der Waals surface area contributed by atoms with E-state index in [1.54, 1.807) is 0 Å². The summed E-state index contributed by atoms with van der Waals surface area (Å²) < 4.78 is 0. The zero-order valence-electron chi connectivity index (χ0n) is 11.5. The van der Waals surface area contributed by atoms with Crippen LogP contribution in [0.15, 0.2) is 0 Å². The van der Waals surface area contributed by atoms with Crippen LogP contribution in [0.4, 0.5) is 0 Å². The van der Waals surface area contributed by atoms with Crippen LogP contribution < -0.4 is 0 Å². The minimum atomic E-state index is -0.643. The fraction of sp³-hybridized carbons (Fsp3) is 0.929. The third kappa shape index (κ3) is 3.45. The third-order valence-electron chi connectivity index (χ3n) is 4.40. The number of carboxylic acids is 1. The summed E-state index contributed by atoms with van der Waals surface area (Å²) >= 11 is 0. The standard InChI is InChI=1S/C14H26N2O2/c1-2-7-15-9-5-12(6-10-15)16-8-3-4-13(16)11-14(17)18/h12-13H,2-11H2,1H3,(H,17,18). The average Bonchev–Trinajstić information content (AvgIpc) is 2.78. The first kappa shape index (κ1) is 13.8. The molecule has 0 aromatic rings. The molecule has 2 fully saturated rings. The molecule has 1 atom stereocenters. The van der Waals surface area contributed by atoms with Crippen molar-refractivity contribution in [3.63, 3.8) is 0 Å². The lowest BCUT2D eigenvalue weighted by molar-refractivity contribution is -0.138. The highest BCUT2D eigenvalue weighted by atomic mass is 16.4. The molecular weight excluding hydrogens is 228 g/mol. The van der Waals surface area contributed by atoms with Gasteiger partial charge in [-0.2, -0.15) is 0 Å². The van der Waals surface area contributed by atoms with Crippen LogP contribution in [0.3, 0.4) is 0 Å². The number of likely N-dealkylation sites (tertiary alicyclic amines) is 2. The first-order valence-electron chi connectivity index (χ1n) is 7.40. The van der Waals surface area contributed by atoms with E-state index in [0.29, 0.717) is 18.5 Å². The Balaban J connectivity index is 1.82. The van der Waals surface area contributed by atoms with Gasteiger partial charge in [0.1, 0.15) is 0 Å². The summed E-state index contributed by atoms with van der Waals surface area (Å²) in [7, 11) is 0. The fourth-order valence-corrected chi connectivity index (χ4v) is 3.55. The second kappa shape index (κ2) is 6.53. The van der Waals surface area contributed by atoms with E-state index in [9.17, 15) is 4.79 Å². The van der Waals surface area contributed by atoms with E-state index in [1.165, 1.54) is 45.3 Å². The summed E-state index contributed by atoms with van der Waals surface area (Å²) in [6.45, 7) is 6.93. The first-order valence-corrected chi connectivity index (χ1v) is 7.40. The second-order valence-corrected chi connectivity index (χ2v) is 5.70. The number of rotatable bonds is 5. The second-order valence-electron chi connectivity index (χ2n) is 5.70. The molecule has 0 aromatic carbocycles. The molecule has 0 aromatic heterocycles. The van der Waals surface area contributed by atoms with Crippen molar-refractivity contribution in [2.75, 3.05) is 26.2 Å². The van der Waals surface area contributed by atoms with Crippen LogP contribution >= 0.6 is 0 Å². The van der Waals surface area contributed by atoms with Crippen molar-refractivity contribution in [2.45, 2.75) is 57.5 Å². The van der Waals surface area contributed by atoms with Gasteiger partial charge < -0.3 is 10.0 Å². The van der Waals surface area contributed by atoms with Crippen LogP contribution in [0.2, 0.25) is 0 Å². The summed E-state index contributed by atoms with van der Waals surface area (Å²) in [6, 6.07) is 0.926. The number of hydrogen-bond acceptors (Lipinski definition) is 3. The molecule has 2 rings (SSSR count). The van der Waals surface area contributed by atoms with E-state index in [-0.39, 0.29) is 0 Å². The normalized spacial score (nSPS) is 27.7. The van der Waals surface area contributed by atoms with Gasteiger partial charge in [-0.3, -0.25) is 9.69 Å². The van der Waals surface area contributed by atoms with Crippen LogP contribution in [0, 0.1) is 0 Å². The van der Waals surface area contributed by atoms with Crippen molar-refractivity contribution in [1.82, 2.24) is 9.80 Å². The molecule has 0 amide bonds. The van der Waals surface area contributed by atoms with Crippen molar-refractivity contribution in [3.8, 4) is 0 Å². The van der Waals surface area contributed by atoms with Crippen molar-refractivity contribution in [1.29, 1.82) is 0 Å². The van der Waals surface area contributed by atoms with Gasteiger partial charge in [0.2, 0.25) is 0 Å². The molecule has 2 heterocycles. The van der Waals surface area contributed by atoms with Crippen LogP contribution in [0.5, 0.6) is 0 Å². The van der Waals surface area contributed by atoms with Crippen LogP contribution in [0.1, 0.15) is 45.4 Å². The number of hydrogen-bond donors (Lipinski definition) is 1. The molecule has 4 nitrogen and oxygen atoms in total. The Hall–Kier alpha value is -0.610. The number of nitrogens with zero attached hydrogens (tertiary/aromatic N) is 2. The molecule has 0 bridgehead atoms.